The third kappa shape index (κ3) is 4.60. The molecule has 138 valence electrons. The largest absolute Gasteiger partial charge is 0.484 e. The van der Waals surface area contributed by atoms with E-state index in [0.29, 0.717) is 29.8 Å². The normalized spacial score (nSPS) is 15.0. The van der Waals surface area contributed by atoms with Crippen LogP contribution in [-0.4, -0.2) is 53.6 Å². The first kappa shape index (κ1) is 18.4. The molecule has 3 rings (SSSR count). The Bertz CT molecular complexity index is 734. The van der Waals surface area contributed by atoms with Gasteiger partial charge in [0.1, 0.15) is 11.6 Å². The van der Waals surface area contributed by atoms with E-state index in [2.05, 4.69) is 9.97 Å². The fraction of sp³-hybridized carbons (Fsp3) is 0.389. The van der Waals surface area contributed by atoms with Crippen LogP contribution in [0, 0.1) is 5.82 Å². The van der Waals surface area contributed by atoms with Gasteiger partial charge in [-0.2, -0.15) is 0 Å². The maximum atomic E-state index is 12.9. The highest BCUT2D eigenvalue weighted by molar-refractivity contribution is 6.30. The van der Waals surface area contributed by atoms with Gasteiger partial charge in [-0.05, 0) is 37.1 Å². The highest BCUT2D eigenvalue weighted by atomic mass is 35.5. The molecule has 0 radical (unpaired) electrons. The number of rotatable bonds is 5. The SMILES string of the molecule is CN(c1ncc(Cl)cn1)C1CCN(C(=O)COc2ccc(F)cc2)CC1. The molecule has 1 amide bonds. The molecule has 0 bridgehead atoms. The van der Waals surface area contributed by atoms with Gasteiger partial charge in [-0.15, -0.1) is 0 Å². The van der Waals surface area contributed by atoms with Crippen LogP contribution < -0.4 is 9.64 Å². The summed E-state index contributed by atoms with van der Waals surface area (Å²) in [5, 5.41) is 0.503. The van der Waals surface area contributed by atoms with Crippen LogP contribution in [0.4, 0.5) is 10.3 Å². The van der Waals surface area contributed by atoms with E-state index in [1.165, 1.54) is 24.3 Å². The van der Waals surface area contributed by atoms with Crippen molar-refractivity contribution in [2.75, 3.05) is 31.6 Å². The van der Waals surface area contributed by atoms with Crippen LogP contribution in [0.5, 0.6) is 5.75 Å². The number of carbonyl (C=O) groups is 1. The molecule has 6 nitrogen and oxygen atoms in total. The zero-order valence-electron chi connectivity index (χ0n) is 14.4. The Hall–Kier alpha value is -2.41. The molecule has 0 atom stereocenters. The summed E-state index contributed by atoms with van der Waals surface area (Å²) < 4.78 is 18.3. The zero-order chi connectivity index (χ0) is 18.5. The Morgan fingerprint density at radius 1 is 1.27 bits per heavy atom. The average molecular weight is 379 g/mol. The van der Waals surface area contributed by atoms with Crippen LogP contribution in [0.2, 0.25) is 5.02 Å². The molecular formula is C18H20ClFN4O2. The lowest BCUT2D eigenvalue weighted by Crippen LogP contribution is -2.47. The number of carbonyl (C=O) groups excluding carboxylic acids is 1. The van der Waals surface area contributed by atoms with Crippen LogP contribution in [0.15, 0.2) is 36.7 Å². The molecule has 0 unspecified atom stereocenters. The number of halogens is 2. The number of ether oxygens (including phenoxy) is 1. The summed E-state index contributed by atoms with van der Waals surface area (Å²) in [6, 6.07) is 5.89. The van der Waals surface area contributed by atoms with E-state index in [4.69, 9.17) is 16.3 Å². The van der Waals surface area contributed by atoms with Gasteiger partial charge < -0.3 is 14.5 Å². The van der Waals surface area contributed by atoms with E-state index in [0.717, 1.165) is 12.8 Å². The molecule has 1 fully saturated rings. The number of amides is 1. The van der Waals surface area contributed by atoms with Crippen molar-refractivity contribution in [1.29, 1.82) is 0 Å². The lowest BCUT2D eigenvalue weighted by Gasteiger charge is -2.36. The van der Waals surface area contributed by atoms with E-state index < -0.39 is 0 Å². The number of piperidine rings is 1. The molecule has 1 aromatic heterocycles. The van der Waals surface area contributed by atoms with E-state index in [1.807, 2.05) is 11.9 Å². The van der Waals surface area contributed by atoms with Crippen molar-refractivity contribution in [3.63, 3.8) is 0 Å². The molecule has 1 aromatic carbocycles. The second-order valence-corrected chi connectivity index (χ2v) is 6.60. The Kier molecular flexibility index (Phi) is 5.88. The van der Waals surface area contributed by atoms with Crippen molar-refractivity contribution in [1.82, 2.24) is 14.9 Å². The number of anilines is 1. The maximum Gasteiger partial charge on any atom is 0.260 e. The van der Waals surface area contributed by atoms with Crippen LogP contribution in [0.1, 0.15) is 12.8 Å². The van der Waals surface area contributed by atoms with Crippen molar-refractivity contribution >= 4 is 23.5 Å². The summed E-state index contributed by atoms with van der Waals surface area (Å²) in [6.07, 6.45) is 4.80. The molecule has 1 saturated heterocycles. The highest BCUT2D eigenvalue weighted by Crippen LogP contribution is 2.20. The van der Waals surface area contributed by atoms with E-state index in [-0.39, 0.29) is 24.4 Å². The zero-order valence-corrected chi connectivity index (χ0v) is 15.2. The summed E-state index contributed by atoms with van der Waals surface area (Å²) >= 11 is 5.82. The lowest BCUT2D eigenvalue weighted by atomic mass is 10.0. The first-order valence-corrected chi connectivity index (χ1v) is 8.77. The van der Waals surface area contributed by atoms with Gasteiger partial charge in [-0.3, -0.25) is 4.79 Å². The number of benzene rings is 1. The van der Waals surface area contributed by atoms with Gasteiger partial charge in [0, 0.05) is 26.2 Å². The summed E-state index contributed by atoms with van der Waals surface area (Å²) in [6.45, 7) is 1.24. The Labute approximate surface area is 156 Å². The number of hydrogen-bond acceptors (Lipinski definition) is 5. The second kappa shape index (κ2) is 8.31. The highest BCUT2D eigenvalue weighted by Gasteiger charge is 2.26. The third-order valence-electron chi connectivity index (χ3n) is 4.46. The smallest absolute Gasteiger partial charge is 0.260 e. The Morgan fingerprint density at radius 3 is 2.50 bits per heavy atom. The van der Waals surface area contributed by atoms with Gasteiger partial charge in [0.15, 0.2) is 6.61 Å². The number of aromatic nitrogens is 2. The molecule has 26 heavy (non-hydrogen) atoms. The van der Waals surface area contributed by atoms with Gasteiger partial charge in [-0.25, -0.2) is 14.4 Å². The monoisotopic (exact) mass is 378 g/mol. The number of nitrogens with zero attached hydrogens (tertiary/aromatic N) is 4. The predicted octanol–water partition coefficient (Wildman–Crippen LogP) is 2.78. The van der Waals surface area contributed by atoms with Gasteiger partial charge in [0.2, 0.25) is 5.95 Å². The minimum absolute atomic E-state index is 0.0492. The molecule has 0 spiro atoms. The van der Waals surface area contributed by atoms with Crippen molar-refractivity contribution in [2.45, 2.75) is 18.9 Å². The van der Waals surface area contributed by atoms with Crippen LogP contribution in [-0.2, 0) is 4.79 Å². The molecule has 1 aliphatic heterocycles. The Morgan fingerprint density at radius 2 is 1.88 bits per heavy atom. The maximum absolute atomic E-state index is 12.9. The fourth-order valence-electron chi connectivity index (χ4n) is 2.92. The molecule has 2 heterocycles. The first-order chi connectivity index (χ1) is 12.5. The standard InChI is InChI=1S/C18H20ClFN4O2/c1-23(18-21-10-13(19)11-22-18)15-6-8-24(9-7-15)17(25)12-26-16-4-2-14(20)3-5-16/h2-5,10-11,15H,6-9,12H2,1H3. The van der Waals surface area contributed by atoms with E-state index >= 15 is 0 Å². The van der Waals surface area contributed by atoms with Crippen molar-refractivity contribution in [3.05, 3.63) is 47.5 Å². The third-order valence-corrected chi connectivity index (χ3v) is 4.66. The fourth-order valence-corrected chi connectivity index (χ4v) is 3.02. The van der Waals surface area contributed by atoms with Crippen molar-refractivity contribution in [2.24, 2.45) is 0 Å². The lowest BCUT2D eigenvalue weighted by molar-refractivity contribution is -0.134. The van der Waals surface area contributed by atoms with E-state index in [9.17, 15) is 9.18 Å². The van der Waals surface area contributed by atoms with Gasteiger partial charge in [0.25, 0.3) is 5.91 Å². The van der Waals surface area contributed by atoms with Crippen LogP contribution in [0.25, 0.3) is 0 Å². The van der Waals surface area contributed by atoms with Crippen LogP contribution >= 0.6 is 11.6 Å². The predicted molar refractivity (Wildman–Crippen MR) is 96.9 cm³/mol. The molecule has 8 heteroatoms. The number of hydrogen-bond donors (Lipinski definition) is 0. The van der Waals surface area contributed by atoms with Crippen molar-refractivity contribution in [3.8, 4) is 5.75 Å². The van der Waals surface area contributed by atoms with Crippen molar-refractivity contribution < 1.29 is 13.9 Å². The average Bonchev–Trinajstić information content (AvgIpc) is 2.67. The molecular weight excluding hydrogens is 359 g/mol. The molecule has 0 aliphatic carbocycles. The quantitative estimate of drug-likeness (QED) is 0.800. The summed E-state index contributed by atoms with van der Waals surface area (Å²) in [4.78, 5) is 24.6. The Balaban J connectivity index is 1.47. The minimum atomic E-state index is -0.334. The summed E-state index contributed by atoms with van der Waals surface area (Å²) in [5.74, 6) is 0.700. The van der Waals surface area contributed by atoms with Gasteiger partial charge in [0.05, 0.1) is 17.4 Å². The second-order valence-electron chi connectivity index (χ2n) is 6.17. The summed E-state index contributed by atoms with van der Waals surface area (Å²) in [5.41, 5.74) is 0. The van der Waals surface area contributed by atoms with Gasteiger partial charge >= 0.3 is 0 Å². The number of likely N-dealkylation sites (tertiary alicyclic amines) is 1. The molecule has 0 saturated carbocycles. The molecule has 1 aliphatic rings. The molecule has 2 aromatic rings. The minimum Gasteiger partial charge on any atom is -0.484 e. The van der Waals surface area contributed by atoms with Gasteiger partial charge in [-0.1, -0.05) is 11.6 Å². The first-order valence-electron chi connectivity index (χ1n) is 8.39. The summed E-state index contributed by atoms with van der Waals surface area (Å²) in [7, 11) is 1.95. The topological polar surface area (TPSA) is 58.6 Å². The van der Waals surface area contributed by atoms with Crippen LogP contribution in [0.3, 0.4) is 0 Å². The van der Waals surface area contributed by atoms with E-state index in [1.54, 1.807) is 17.3 Å². The molecule has 0 N–H and O–H groups in total.